The molecule has 1 heterocycles. The summed E-state index contributed by atoms with van der Waals surface area (Å²) in [5, 5.41) is 3.53. The molecular weight excluding hydrogens is 420 g/mol. The van der Waals surface area contributed by atoms with Crippen molar-refractivity contribution < 1.29 is 14.3 Å². The van der Waals surface area contributed by atoms with Gasteiger partial charge in [0.1, 0.15) is 10.8 Å². The lowest BCUT2D eigenvalue weighted by Crippen LogP contribution is -2.33. The van der Waals surface area contributed by atoms with Crippen molar-refractivity contribution >= 4 is 28.2 Å². The Bertz CT molecular complexity index is 1010. The van der Waals surface area contributed by atoms with Gasteiger partial charge in [0.15, 0.2) is 6.10 Å². The van der Waals surface area contributed by atoms with Crippen molar-refractivity contribution in [1.82, 2.24) is 0 Å². The van der Waals surface area contributed by atoms with Crippen LogP contribution in [0.25, 0.3) is 0 Å². The number of carbonyl (C=O) groups excluding carboxylic acids is 2. The predicted molar refractivity (Wildman–Crippen MR) is 132 cm³/mol. The molecule has 0 fully saturated rings. The van der Waals surface area contributed by atoms with Crippen molar-refractivity contribution in [3.05, 3.63) is 45.3 Å². The number of primary amides is 1. The van der Waals surface area contributed by atoms with Crippen LogP contribution in [0.3, 0.4) is 0 Å². The molecule has 174 valence electrons. The summed E-state index contributed by atoms with van der Waals surface area (Å²) in [6.07, 6.45) is 3.76. The molecule has 1 aliphatic rings. The highest BCUT2D eigenvalue weighted by Crippen LogP contribution is 2.45. The summed E-state index contributed by atoms with van der Waals surface area (Å²) in [7, 11) is 0. The quantitative estimate of drug-likeness (QED) is 0.527. The molecular formula is C26H36N2O3S. The topological polar surface area (TPSA) is 81.4 Å². The van der Waals surface area contributed by atoms with Gasteiger partial charge in [0, 0.05) is 4.88 Å². The third kappa shape index (κ3) is 5.01. The number of hydrogen-bond donors (Lipinski definition) is 2. The maximum Gasteiger partial charge on any atom is 0.266 e. The summed E-state index contributed by atoms with van der Waals surface area (Å²) in [5.41, 5.74) is 9.78. The number of aryl methyl sites for hydroxylation is 2. The van der Waals surface area contributed by atoms with Crippen molar-refractivity contribution in [2.75, 3.05) is 5.32 Å². The lowest BCUT2D eigenvalue weighted by atomic mass is 9.69. The molecule has 2 amide bonds. The zero-order chi connectivity index (χ0) is 23.6. The second-order valence-electron chi connectivity index (χ2n) is 9.60. The molecule has 0 saturated heterocycles. The molecule has 1 aliphatic carbocycles. The molecule has 0 unspecified atom stereocenters. The molecule has 5 nitrogen and oxygen atoms in total. The van der Waals surface area contributed by atoms with Gasteiger partial charge < -0.3 is 15.8 Å². The summed E-state index contributed by atoms with van der Waals surface area (Å²) < 4.78 is 5.99. The Hall–Kier alpha value is -2.34. The number of thiophene rings is 1. The van der Waals surface area contributed by atoms with Crippen molar-refractivity contribution in [2.24, 2.45) is 17.1 Å². The molecule has 1 aromatic carbocycles. The number of hydrogen-bond acceptors (Lipinski definition) is 4. The fourth-order valence-electron chi connectivity index (χ4n) is 4.36. The summed E-state index contributed by atoms with van der Waals surface area (Å²) in [6.45, 7) is 12.8. The average Bonchev–Trinajstić information content (AvgIpc) is 3.11. The van der Waals surface area contributed by atoms with Crippen molar-refractivity contribution in [3.8, 4) is 5.75 Å². The Balaban J connectivity index is 1.82. The minimum atomic E-state index is -0.649. The van der Waals surface area contributed by atoms with E-state index in [2.05, 4.69) is 26.1 Å². The van der Waals surface area contributed by atoms with Gasteiger partial charge in [-0.3, -0.25) is 9.59 Å². The zero-order valence-corrected chi connectivity index (χ0v) is 20.9. The van der Waals surface area contributed by atoms with Gasteiger partial charge in [-0.25, -0.2) is 0 Å². The first kappa shape index (κ1) is 24.3. The van der Waals surface area contributed by atoms with E-state index in [9.17, 15) is 9.59 Å². The summed E-state index contributed by atoms with van der Waals surface area (Å²) in [4.78, 5) is 26.6. The van der Waals surface area contributed by atoms with E-state index < -0.39 is 12.0 Å². The van der Waals surface area contributed by atoms with Crippen LogP contribution in [-0.4, -0.2) is 17.9 Å². The lowest BCUT2D eigenvalue weighted by Gasteiger charge is -2.36. The summed E-state index contributed by atoms with van der Waals surface area (Å²) >= 11 is 1.50. The molecule has 0 saturated carbocycles. The van der Waals surface area contributed by atoms with Crippen molar-refractivity contribution in [2.45, 2.75) is 79.8 Å². The standard InChI is InChI=1S/C26H36N2O3S/c1-7-20(31-18-11-9-15(3)16(4)13-18)24(30)28-25-22(23(27)29)19-12-10-17(14-21(19)32-25)26(5,6)8-2/h9,11,13,17,20H,7-8,10,12,14H2,1-6H3,(H2,27,29)(H,28,30)/t17-,20+/m1/s1. The number of carbonyl (C=O) groups is 2. The maximum absolute atomic E-state index is 13.1. The van der Waals surface area contributed by atoms with Gasteiger partial charge in [-0.05, 0) is 79.7 Å². The van der Waals surface area contributed by atoms with Gasteiger partial charge in [-0.15, -0.1) is 11.3 Å². The molecule has 0 bridgehead atoms. The number of fused-ring (bicyclic) bond motifs is 1. The first-order chi connectivity index (χ1) is 15.1. The first-order valence-corrected chi connectivity index (χ1v) is 12.4. The number of rotatable bonds is 8. The van der Waals surface area contributed by atoms with Gasteiger partial charge in [0.05, 0.1) is 5.56 Å². The Labute approximate surface area is 195 Å². The zero-order valence-electron chi connectivity index (χ0n) is 20.1. The monoisotopic (exact) mass is 456 g/mol. The minimum absolute atomic E-state index is 0.241. The Morgan fingerprint density at radius 1 is 1.25 bits per heavy atom. The molecule has 0 aliphatic heterocycles. The average molecular weight is 457 g/mol. The third-order valence-corrected chi connectivity index (χ3v) is 8.35. The highest BCUT2D eigenvalue weighted by atomic mass is 32.1. The fourth-order valence-corrected chi connectivity index (χ4v) is 5.69. The van der Waals surface area contributed by atoms with E-state index in [1.807, 2.05) is 39.0 Å². The van der Waals surface area contributed by atoms with E-state index >= 15 is 0 Å². The Morgan fingerprint density at radius 2 is 1.97 bits per heavy atom. The Morgan fingerprint density at radius 3 is 2.56 bits per heavy atom. The first-order valence-electron chi connectivity index (χ1n) is 11.6. The number of amides is 2. The van der Waals surface area contributed by atoms with E-state index in [0.29, 0.717) is 28.7 Å². The van der Waals surface area contributed by atoms with Crippen LogP contribution in [0.4, 0.5) is 5.00 Å². The maximum atomic E-state index is 13.1. The van der Waals surface area contributed by atoms with E-state index in [-0.39, 0.29) is 11.3 Å². The fraction of sp³-hybridized carbons (Fsp3) is 0.538. The molecule has 32 heavy (non-hydrogen) atoms. The van der Waals surface area contributed by atoms with E-state index in [1.54, 1.807) is 0 Å². The normalized spacial score (nSPS) is 16.9. The number of nitrogens with two attached hydrogens (primary N) is 1. The van der Waals surface area contributed by atoms with E-state index in [0.717, 1.165) is 36.8 Å². The highest BCUT2D eigenvalue weighted by molar-refractivity contribution is 7.17. The van der Waals surface area contributed by atoms with E-state index in [4.69, 9.17) is 10.5 Å². The van der Waals surface area contributed by atoms with Crippen LogP contribution in [-0.2, 0) is 17.6 Å². The van der Waals surface area contributed by atoms with Crippen LogP contribution in [0.1, 0.15) is 78.9 Å². The molecule has 0 radical (unpaired) electrons. The van der Waals surface area contributed by atoms with Crippen molar-refractivity contribution in [3.63, 3.8) is 0 Å². The van der Waals surface area contributed by atoms with Crippen LogP contribution >= 0.6 is 11.3 Å². The highest BCUT2D eigenvalue weighted by Gasteiger charge is 2.35. The molecule has 2 aromatic rings. The summed E-state index contributed by atoms with van der Waals surface area (Å²) in [6, 6.07) is 5.81. The second kappa shape index (κ2) is 9.65. The Kier molecular flexibility index (Phi) is 7.33. The van der Waals surface area contributed by atoms with Gasteiger partial charge in [-0.1, -0.05) is 40.2 Å². The molecule has 3 rings (SSSR count). The summed E-state index contributed by atoms with van der Waals surface area (Å²) in [5.74, 6) is 0.492. The predicted octanol–water partition coefficient (Wildman–Crippen LogP) is 5.80. The van der Waals surface area contributed by atoms with Crippen LogP contribution in [0.5, 0.6) is 5.75 Å². The number of anilines is 1. The molecule has 3 N–H and O–H groups in total. The number of nitrogens with one attached hydrogen (secondary N) is 1. The molecule has 1 aromatic heterocycles. The second-order valence-corrected chi connectivity index (χ2v) is 10.7. The molecule has 6 heteroatoms. The smallest absolute Gasteiger partial charge is 0.266 e. The third-order valence-electron chi connectivity index (χ3n) is 7.18. The van der Waals surface area contributed by atoms with Gasteiger partial charge >= 0.3 is 0 Å². The molecule has 2 atom stereocenters. The van der Waals surface area contributed by atoms with Crippen LogP contribution in [0, 0.1) is 25.2 Å². The molecule has 0 spiro atoms. The largest absolute Gasteiger partial charge is 0.481 e. The number of benzene rings is 1. The van der Waals surface area contributed by atoms with Gasteiger partial charge in [-0.2, -0.15) is 0 Å². The van der Waals surface area contributed by atoms with Crippen molar-refractivity contribution in [1.29, 1.82) is 0 Å². The van der Waals surface area contributed by atoms with Crippen LogP contribution in [0.2, 0.25) is 0 Å². The van der Waals surface area contributed by atoms with Gasteiger partial charge in [0.25, 0.3) is 11.8 Å². The van der Waals surface area contributed by atoms with Crippen LogP contribution in [0.15, 0.2) is 18.2 Å². The number of ether oxygens (including phenoxy) is 1. The SMILES string of the molecule is CC[C@H](Oc1ccc(C)c(C)c1)C(=O)Nc1sc2c(c1C(N)=O)CC[C@@H](C(C)(C)CC)C2. The van der Waals surface area contributed by atoms with E-state index in [1.165, 1.54) is 21.8 Å². The minimum Gasteiger partial charge on any atom is -0.481 e. The van der Waals surface area contributed by atoms with Crippen LogP contribution < -0.4 is 15.8 Å². The van der Waals surface area contributed by atoms with Gasteiger partial charge in [0.2, 0.25) is 0 Å². The lowest BCUT2D eigenvalue weighted by molar-refractivity contribution is -0.122.